The lowest BCUT2D eigenvalue weighted by Crippen LogP contribution is -2.22. The van der Waals surface area contributed by atoms with Crippen molar-refractivity contribution >= 4 is 5.69 Å². The number of rotatable bonds is 1. The number of aryl methyl sites for hydroxylation is 1. The zero-order chi connectivity index (χ0) is 11.1. The quantitative estimate of drug-likeness (QED) is 0.546. The molecule has 0 amide bonds. The molecule has 2 rings (SSSR count). The van der Waals surface area contributed by atoms with Gasteiger partial charge in [-0.3, -0.25) is 0 Å². The maximum Gasteiger partial charge on any atom is 0.277 e. The molecule has 4 nitrogen and oxygen atoms in total. The first-order valence-corrected chi connectivity index (χ1v) is 4.63. The van der Waals surface area contributed by atoms with Crippen LogP contribution in [0.3, 0.4) is 0 Å². The molecule has 0 bridgehead atoms. The van der Waals surface area contributed by atoms with Gasteiger partial charge in [0.1, 0.15) is 18.3 Å². The van der Waals surface area contributed by atoms with E-state index in [1.54, 1.807) is 19.1 Å². The largest absolute Gasteiger partial charge is 0.505 e. The van der Waals surface area contributed by atoms with E-state index in [-0.39, 0.29) is 5.75 Å². The summed E-state index contributed by atoms with van der Waals surface area (Å²) in [5, 5.41) is 9.83. The highest BCUT2D eigenvalue weighted by Gasteiger charge is 2.35. The number of benzene rings is 1. The van der Waals surface area contributed by atoms with Crippen LogP contribution in [0.2, 0.25) is 0 Å². The minimum atomic E-state index is -0.982. The van der Waals surface area contributed by atoms with E-state index < -0.39 is 5.79 Å². The Kier molecular flexibility index (Phi) is 2.00. The Morgan fingerprint density at radius 1 is 1.27 bits per heavy atom. The third kappa shape index (κ3) is 1.48. The number of aromatic hydroxyl groups is 1. The number of hydrogen-bond donors (Lipinski definition) is 2. The van der Waals surface area contributed by atoms with E-state index in [2.05, 4.69) is 0 Å². The zero-order valence-corrected chi connectivity index (χ0v) is 8.65. The van der Waals surface area contributed by atoms with Gasteiger partial charge in [0, 0.05) is 6.92 Å². The summed E-state index contributed by atoms with van der Waals surface area (Å²) in [5.74, 6) is -0.976. The molecule has 0 radical (unpaired) electrons. The van der Waals surface area contributed by atoms with Crippen LogP contribution in [0.1, 0.15) is 18.1 Å². The topological polar surface area (TPSA) is 64.7 Å². The number of phenols is 1. The molecule has 0 saturated carbocycles. The number of nitrogens with two attached hydrogens (primary N) is 1. The Morgan fingerprint density at radius 3 is 2.47 bits per heavy atom. The number of phenolic OH excluding ortho intramolecular Hbond substituents is 1. The highest BCUT2D eigenvalue weighted by atomic mass is 16.7. The molecule has 0 aromatic heterocycles. The number of anilines is 1. The van der Waals surface area contributed by atoms with Gasteiger partial charge in [0.05, 0.1) is 11.3 Å². The fourth-order valence-electron chi connectivity index (χ4n) is 1.62. The molecule has 0 aliphatic carbocycles. The maximum atomic E-state index is 9.83. The summed E-state index contributed by atoms with van der Waals surface area (Å²) in [5.41, 5.74) is 7.47. The van der Waals surface area contributed by atoms with Crippen molar-refractivity contribution in [3.05, 3.63) is 35.8 Å². The Morgan fingerprint density at radius 2 is 1.87 bits per heavy atom. The summed E-state index contributed by atoms with van der Waals surface area (Å²) >= 11 is 0. The van der Waals surface area contributed by atoms with Crippen LogP contribution in [0.25, 0.3) is 0 Å². The predicted octanol–water partition coefficient (Wildman–Crippen LogP) is 1.97. The van der Waals surface area contributed by atoms with Crippen LogP contribution in [0.4, 0.5) is 5.69 Å². The average molecular weight is 207 g/mol. The van der Waals surface area contributed by atoms with Crippen molar-refractivity contribution in [3.63, 3.8) is 0 Å². The Balaban J connectivity index is 2.52. The van der Waals surface area contributed by atoms with Gasteiger partial charge >= 0.3 is 0 Å². The second kappa shape index (κ2) is 3.08. The average Bonchev–Trinajstić information content (AvgIpc) is 2.59. The van der Waals surface area contributed by atoms with Gasteiger partial charge in [0.15, 0.2) is 0 Å². The number of hydrogen-bond acceptors (Lipinski definition) is 4. The summed E-state index contributed by atoms with van der Waals surface area (Å²) in [6, 6.07) is 3.49. The van der Waals surface area contributed by atoms with Gasteiger partial charge in [0.2, 0.25) is 0 Å². The first-order chi connectivity index (χ1) is 7.03. The molecule has 3 N–H and O–H groups in total. The first-order valence-electron chi connectivity index (χ1n) is 4.63. The molecule has 1 aromatic rings. The normalized spacial score (nSPS) is 17.2. The molecule has 0 saturated heterocycles. The minimum absolute atomic E-state index is 0.00630. The van der Waals surface area contributed by atoms with Crippen molar-refractivity contribution in [1.29, 1.82) is 0 Å². The smallest absolute Gasteiger partial charge is 0.277 e. The van der Waals surface area contributed by atoms with Crippen molar-refractivity contribution in [2.75, 3.05) is 5.73 Å². The lowest BCUT2D eigenvalue weighted by Gasteiger charge is -2.25. The third-order valence-electron chi connectivity index (χ3n) is 2.41. The zero-order valence-electron chi connectivity index (χ0n) is 8.65. The molecule has 80 valence electrons. The molecule has 0 fully saturated rings. The van der Waals surface area contributed by atoms with Gasteiger partial charge < -0.3 is 20.3 Å². The molecule has 0 atom stereocenters. The van der Waals surface area contributed by atoms with Gasteiger partial charge in [-0.15, -0.1) is 0 Å². The molecule has 0 spiro atoms. The van der Waals surface area contributed by atoms with Gasteiger partial charge in [-0.05, 0) is 24.6 Å². The van der Waals surface area contributed by atoms with Gasteiger partial charge in [0.25, 0.3) is 5.79 Å². The van der Waals surface area contributed by atoms with E-state index in [1.807, 2.05) is 6.92 Å². The van der Waals surface area contributed by atoms with E-state index >= 15 is 0 Å². The maximum absolute atomic E-state index is 9.83. The molecule has 1 aliphatic rings. The van der Waals surface area contributed by atoms with Crippen LogP contribution in [0.15, 0.2) is 24.7 Å². The molecule has 1 aliphatic heterocycles. The Hall–Kier alpha value is -1.84. The van der Waals surface area contributed by atoms with Crippen LogP contribution >= 0.6 is 0 Å². The molecule has 1 heterocycles. The summed E-state index contributed by atoms with van der Waals surface area (Å²) in [6.45, 7) is 3.62. The summed E-state index contributed by atoms with van der Waals surface area (Å²) in [6.07, 6.45) is 2.88. The van der Waals surface area contributed by atoms with Crippen LogP contribution < -0.4 is 5.73 Å². The van der Waals surface area contributed by atoms with E-state index in [0.29, 0.717) is 11.3 Å². The second-order valence-corrected chi connectivity index (χ2v) is 3.70. The second-order valence-electron chi connectivity index (χ2n) is 3.70. The summed E-state index contributed by atoms with van der Waals surface area (Å²) < 4.78 is 10.6. The van der Waals surface area contributed by atoms with Crippen LogP contribution in [0, 0.1) is 6.92 Å². The fraction of sp³-hybridized carbons (Fsp3) is 0.273. The van der Waals surface area contributed by atoms with Crippen molar-refractivity contribution in [3.8, 4) is 5.75 Å². The summed E-state index contributed by atoms with van der Waals surface area (Å²) in [4.78, 5) is 0. The van der Waals surface area contributed by atoms with E-state index in [9.17, 15) is 5.11 Å². The predicted molar refractivity (Wildman–Crippen MR) is 55.9 cm³/mol. The molecule has 4 heteroatoms. The van der Waals surface area contributed by atoms with Crippen molar-refractivity contribution < 1.29 is 14.6 Å². The van der Waals surface area contributed by atoms with Gasteiger partial charge in [-0.2, -0.15) is 0 Å². The van der Waals surface area contributed by atoms with E-state index in [4.69, 9.17) is 15.2 Å². The Labute approximate surface area is 87.9 Å². The van der Waals surface area contributed by atoms with Crippen LogP contribution in [0.5, 0.6) is 5.75 Å². The summed E-state index contributed by atoms with van der Waals surface area (Å²) in [7, 11) is 0. The molecular weight excluding hydrogens is 194 g/mol. The van der Waals surface area contributed by atoms with Crippen molar-refractivity contribution in [1.82, 2.24) is 0 Å². The molecule has 0 unspecified atom stereocenters. The highest BCUT2D eigenvalue weighted by Crippen LogP contribution is 2.40. The fourth-order valence-corrected chi connectivity index (χ4v) is 1.62. The van der Waals surface area contributed by atoms with Crippen LogP contribution in [-0.4, -0.2) is 5.11 Å². The van der Waals surface area contributed by atoms with Crippen molar-refractivity contribution in [2.45, 2.75) is 19.6 Å². The minimum Gasteiger partial charge on any atom is -0.505 e. The SMILES string of the molecule is Cc1cc(N)c(O)c(C2(C)OC=CO2)c1. The molecule has 15 heavy (non-hydrogen) atoms. The van der Waals surface area contributed by atoms with E-state index in [0.717, 1.165) is 5.56 Å². The van der Waals surface area contributed by atoms with Gasteiger partial charge in [-0.25, -0.2) is 0 Å². The first kappa shape index (κ1) is 9.71. The third-order valence-corrected chi connectivity index (χ3v) is 2.41. The highest BCUT2D eigenvalue weighted by molar-refractivity contribution is 5.59. The van der Waals surface area contributed by atoms with E-state index in [1.165, 1.54) is 12.5 Å². The van der Waals surface area contributed by atoms with Crippen LogP contribution in [-0.2, 0) is 15.3 Å². The Bertz CT molecular complexity index is 418. The molecule has 1 aromatic carbocycles. The lowest BCUT2D eigenvalue weighted by molar-refractivity contribution is -0.134. The number of ether oxygens (including phenoxy) is 2. The lowest BCUT2D eigenvalue weighted by atomic mass is 10.0. The molecular formula is C11H13NO3. The van der Waals surface area contributed by atoms with Crippen molar-refractivity contribution in [2.24, 2.45) is 0 Å². The standard InChI is InChI=1S/C11H13NO3/c1-7-5-8(10(13)9(12)6-7)11(2)14-3-4-15-11/h3-6,13H,12H2,1-2H3. The van der Waals surface area contributed by atoms with Gasteiger partial charge in [-0.1, -0.05) is 0 Å². The number of nitrogen functional groups attached to an aromatic ring is 1. The monoisotopic (exact) mass is 207 g/mol.